The molecule has 2 unspecified atom stereocenters. The standard InChI is InChI=1S/C45H50ClN7O6/c1-44(2)42(45(3,4)43(44)59-32-11-7-29(25-47)35(46)24-32)49-38(55)28-5-8-30(9-6-28)52-18-16-27(26-52)15-17-50-19-21-51(22-20-50)31-10-12-33-34(23-31)41(58)53(40(33)57)36-13-14-37(54)48-39(36)56/h5-12,23-24,27,36,42-43H,13-22,26H2,1-4H3,(H,49,55)(H,48,54,56). The van der Waals surface area contributed by atoms with Gasteiger partial charge in [-0.1, -0.05) is 39.3 Å². The summed E-state index contributed by atoms with van der Waals surface area (Å²) in [6.07, 6.45) is 2.25. The van der Waals surface area contributed by atoms with Crippen molar-refractivity contribution >= 4 is 52.5 Å². The first kappa shape index (κ1) is 40.3. The predicted molar refractivity (Wildman–Crippen MR) is 223 cm³/mol. The third-order valence-electron chi connectivity index (χ3n) is 13.2. The Morgan fingerprint density at radius 3 is 2.24 bits per heavy atom. The van der Waals surface area contributed by atoms with E-state index >= 15 is 0 Å². The minimum atomic E-state index is -0.975. The average Bonchev–Trinajstić information content (AvgIpc) is 3.80. The number of anilines is 2. The summed E-state index contributed by atoms with van der Waals surface area (Å²) in [5, 5.41) is 15.1. The molecule has 3 aromatic carbocycles. The van der Waals surface area contributed by atoms with Crippen molar-refractivity contribution in [2.75, 3.05) is 55.6 Å². The maximum absolute atomic E-state index is 13.5. The molecule has 308 valence electrons. The van der Waals surface area contributed by atoms with E-state index in [9.17, 15) is 29.2 Å². The number of amides is 5. The van der Waals surface area contributed by atoms with Crippen LogP contribution in [0.5, 0.6) is 5.75 Å². The topological polar surface area (TPSA) is 155 Å². The molecule has 4 fully saturated rings. The summed E-state index contributed by atoms with van der Waals surface area (Å²) < 4.78 is 6.38. The first-order chi connectivity index (χ1) is 28.1. The number of fused-ring (bicyclic) bond motifs is 1. The lowest BCUT2D eigenvalue weighted by Gasteiger charge is -2.63. The van der Waals surface area contributed by atoms with E-state index in [1.54, 1.807) is 30.3 Å². The first-order valence-corrected chi connectivity index (χ1v) is 20.9. The molecule has 14 heteroatoms. The lowest BCUT2D eigenvalue weighted by atomic mass is 9.49. The van der Waals surface area contributed by atoms with Crippen LogP contribution in [0.15, 0.2) is 60.7 Å². The van der Waals surface area contributed by atoms with Gasteiger partial charge in [-0.3, -0.25) is 39.1 Å². The smallest absolute Gasteiger partial charge is 0.262 e. The van der Waals surface area contributed by atoms with Gasteiger partial charge in [0.15, 0.2) is 0 Å². The van der Waals surface area contributed by atoms with E-state index in [0.29, 0.717) is 38.9 Å². The Labute approximate surface area is 349 Å². The molecular weight excluding hydrogens is 770 g/mol. The number of benzene rings is 3. The minimum Gasteiger partial charge on any atom is -0.489 e. The molecule has 5 amide bonds. The van der Waals surface area contributed by atoms with Crippen molar-refractivity contribution in [1.29, 1.82) is 5.26 Å². The molecule has 1 aliphatic carbocycles. The Hall–Kier alpha value is -5.45. The average molecular weight is 820 g/mol. The molecule has 1 saturated carbocycles. The number of piperazine rings is 1. The number of piperidine rings is 1. The van der Waals surface area contributed by atoms with Gasteiger partial charge in [0.1, 0.15) is 24.0 Å². The molecule has 8 rings (SSSR count). The Morgan fingerprint density at radius 2 is 1.56 bits per heavy atom. The van der Waals surface area contributed by atoms with Crippen LogP contribution >= 0.6 is 11.6 Å². The molecule has 3 saturated heterocycles. The molecule has 5 aliphatic rings. The van der Waals surface area contributed by atoms with E-state index in [2.05, 4.69) is 59.1 Å². The van der Waals surface area contributed by atoms with E-state index < -0.39 is 29.7 Å². The summed E-state index contributed by atoms with van der Waals surface area (Å²) in [5.74, 6) is -0.925. The highest BCUT2D eigenvalue weighted by Gasteiger charge is 2.64. The number of rotatable bonds is 10. The molecule has 59 heavy (non-hydrogen) atoms. The van der Waals surface area contributed by atoms with Gasteiger partial charge in [0, 0.05) is 85.6 Å². The second-order valence-electron chi connectivity index (χ2n) is 17.7. The first-order valence-electron chi connectivity index (χ1n) is 20.5. The zero-order valence-electron chi connectivity index (χ0n) is 33.9. The third-order valence-corrected chi connectivity index (χ3v) is 13.5. The summed E-state index contributed by atoms with van der Waals surface area (Å²) in [6, 6.07) is 19.3. The van der Waals surface area contributed by atoms with E-state index in [1.807, 2.05) is 30.3 Å². The van der Waals surface area contributed by atoms with Gasteiger partial charge in [-0.15, -0.1) is 0 Å². The summed E-state index contributed by atoms with van der Waals surface area (Å²) >= 11 is 6.25. The maximum atomic E-state index is 13.5. The highest BCUT2D eigenvalue weighted by molar-refractivity contribution is 6.31. The second-order valence-corrected chi connectivity index (χ2v) is 18.1. The minimum absolute atomic E-state index is 0.0901. The Bertz CT molecular complexity index is 2230. The lowest BCUT2D eigenvalue weighted by Crippen LogP contribution is -2.74. The zero-order valence-corrected chi connectivity index (χ0v) is 34.7. The SMILES string of the molecule is CC1(C)C(NC(=O)c2ccc(N3CCC(CCN4CCN(c5ccc6c(c5)C(=O)N(C5CCC(=O)NC5=O)C6=O)CC4)C3)cc2)C(C)(C)C1Oc1ccc(C#N)c(Cl)c1. The van der Waals surface area contributed by atoms with Crippen molar-refractivity contribution in [3.05, 3.63) is 87.9 Å². The number of imide groups is 2. The van der Waals surface area contributed by atoms with Crippen molar-refractivity contribution in [2.45, 2.75) is 71.6 Å². The Kier molecular flexibility index (Phi) is 10.7. The van der Waals surface area contributed by atoms with Crippen LogP contribution in [0, 0.1) is 28.1 Å². The third kappa shape index (κ3) is 7.53. The van der Waals surface area contributed by atoms with Gasteiger partial charge in [-0.05, 0) is 86.3 Å². The molecule has 0 radical (unpaired) electrons. The van der Waals surface area contributed by atoms with E-state index in [-0.39, 0.29) is 41.7 Å². The van der Waals surface area contributed by atoms with Gasteiger partial charge in [0.05, 0.1) is 21.7 Å². The maximum Gasteiger partial charge on any atom is 0.262 e. The van der Waals surface area contributed by atoms with Crippen LogP contribution in [0.4, 0.5) is 11.4 Å². The van der Waals surface area contributed by atoms with Gasteiger partial charge < -0.3 is 19.9 Å². The zero-order chi connectivity index (χ0) is 41.8. The van der Waals surface area contributed by atoms with Crippen molar-refractivity contribution in [1.82, 2.24) is 20.4 Å². The van der Waals surface area contributed by atoms with Crippen LogP contribution < -0.4 is 25.2 Å². The molecule has 2 atom stereocenters. The largest absolute Gasteiger partial charge is 0.489 e. The van der Waals surface area contributed by atoms with Gasteiger partial charge in [0.2, 0.25) is 11.8 Å². The highest BCUT2D eigenvalue weighted by Crippen LogP contribution is 2.55. The van der Waals surface area contributed by atoms with Crippen molar-refractivity contribution in [2.24, 2.45) is 16.7 Å². The molecule has 4 aliphatic heterocycles. The van der Waals surface area contributed by atoms with Crippen molar-refractivity contribution in [3.8, 4) is 11.8 Å². The molecule has 0 aromatic heterocycles. The van der Waals surface area contributed by atoms with Gasteiger partial charge in [0.25, 0.3) is 17.7 Å². The van der Waals surface area contributed by atoms with Gasteiger partial charge in [-0.25, -0.2) is 0 Å². The summed E-state index contributed by atoms with van der Waals surface area (Å²) in [7, 11) is 0. The fourth-order valence-electron chi connectivity index (χ4n) is 10.2. The van der Waals surface area contributed by atoms with Crippen molar-refractivity contribution in [3.63, 3.8) is 0 Å². The number of carbonyl (C=O) groups excluding carboxylic acids is 5. The van der Waals surface area contributed by atoms with Crippen LogP contribution in [0.2, 0.25) is 5.02 Å². The molecule has 3 aromatic rings. The number of hydrogen-bond acceptors (Lipinski definition) is 10. The van der Waals surface area contributed by atoms with Crippen LogP contribution in [0.1, 0.15) is 90.0 Å². The molecular formula is C45H50ClN7O6. The van der Waals surface area contributed by atoms with Gasteiger partial charge in [-0.2, -0.15) is 5.26 Å². The quantitative estimate of drug-likeness (QED) is 0.259. The van der Waals surface area contributed by atoms with Crippen LogP contribution in [-0.2, 0) is 9.59 Å². The Balaban J connectivity index is 0.787. The van der Waals surface area contributed by atoms with E-state index in [4.69, 9.17) is 16.3 Å². The lowest BCUT2D eigenvalue weighted by molar-refractivity contribution is -0.164. The monoisotopic (exact) mass is 819 g/mol. The molecule has 13 nitrogen and oxygen atoms in total. The second kappa shape index (κ2) is 15.6. The van der Waals surface area contributed by atoms with Gasteiger partial charge >= 0.3 is 0 Å². The fourth-order valence-corrected chi connectivity index (χ4v) is 10.4. The molecule has 4 heterocycles. The summed E-state index contributed by atoms with van der Waals surface area (Å²) in [6.45, 7) is 14.7. The summed E-state index contributed by atoms with van der Waals surface area (Å²) in [4.78, 5) is 72.2. The van der Waals surface area contributed by atoms with Crippen LogP contribution in [0.3, 0.4) is 0 Å². The highest BCUT2D eigenvalue weighted by atomic mass is 35.5. The molecule has 0 bridgehead atoms. The van der Waals surface area contributed by atoms with Crippen LogP contribution in [-0.4, -0.2) is 103 Å². The molecule has 0 spiro atoms. The van der Waals surface area contributed by atoms with E-state index in [1.165, 1.54) is 0 Å². The van der Waals surface area contributed by atoms with E-state index in [0.717, 1.165) is 74.9 Å². The number of nitriles is 1. The number of nitrogens with zero attached hydrogens (tertiary/aromatic N) is 5. The predicted octanol–water partition coefficient (Wildman–Crippen LogP) is 5.26. The Morgan fingerprint density at radius 1 is 0.864 bits per heavy atom. The number of carbonyl (C=O) groups is 5. The fraction of sp³-hybridized carbons (Fsp3) is 0.467. The number of nitrogens with one attached hydrogen (secondary N) is 2. The number of halogens is 1. The number of hydrogen-bond donors (Lipinski definition) is 2. The van der Waals surface area contributed by atoms with Crippen LogP contribution in [0.25, 0.3) is 0 Å². The molecule has 2 N–H and O–H groups in total. The van der Waals surface area contributed by atoms with Crippen molar-refractivity contribution < 1.29 is 28.7 Å². The normalized spacial score (nSPS) is 25.0. The summed E-state index contributed by atoms with van der Waals surface area (Å²) in [5.41, 5.74) is 2.91. The number of ether oxygens (including phenoxy) is 1.